The first-order valence-corrected chi connectivity index (χ1v) is 5.80. The van der Waals surface area contributed by atoms with E-state index in [0.29, 0.717) is 6.04 Å². The van der Waals surface area contributed by atoms with Crippen LogP contribution in [0.3, 0.4) is 0 Å². The van der Waals surface area contributed by atoms with Gasteiger partial charge >= 0.3 is 0 Å². The van der Waals surface area contributed by atoms with Crippen LogP contribution in [0.25, 0.3) is 0 Å². The van der Waals surface area contributed by atoms with Gasteiger partial charge in [-0.15, -0.1) is 0 Å². The highest BCUT2D eigenvalue weighted by Crippen LogP contribution is 2.19. The molecule has 1 heterocycles. The first kappa shape index (κ1) is 12.0. The second-order valence-corrected chi connectivity index (χ2v) is 4.39. The number of likely N-dealkylation sites (tertiary alicyclic amines) is 1. The second kappa shape index (κ2) is 6.38. The highest BCUT2D eigenvalue weighted by Gasteiger charge is 2.22. The fourth-order valence-electron chi connectivity index (χ4n) is 2.28. The molecule has 1 aliphatic rings. The van der Waals surface area contributed by atoms with Crippen molar-refractivity contribution in [3.05, 3.63) is 0 Å². The molecule has 1 fully saturated rings. The molecule has 0 aromatic rings. The maximum Gasteiger partial charge on any atom is 0.0639 e. The van der Waals surface area contributed by atoms with Crippen LogP contribution in [0.5, 0.6) is 0 Å². The van der Waals surface area contributed by atoms with Crippen molar-refractivity contribution in [1.82, 2.24) is 10.2 Å². The number of nitrogens with one attached hydrogen (secondary N) is 1. The van der Waals surface area contributed by atoms with E-state index in [0.717, 1.165) is 13.1 Å². The lowest BCUT2D eigenvalue weighted by atomic mass is 9.99. The molecule has 1 aliphatic heterocycles. The molecule has 1 unspecified atom stereocenters. The van der Waals surface area contributed by atoms with E-state index in [-0.39, 0.29) is 6.10 Å². The molecule has 0 saturated carbocycles. The fraction of sp³-hybridized carbons (Fsp3) is 1.00. The highest BCUT2D eigenvalue weighted by atomic mass is 16.3. The Kier molecular flexibility index (Phi) is 5.45. The van der Waals surface area contributed by atoms with E-state index in [1.165, 1.54) is 32.2 Å². The lowest BCUT2D eigenvalue weighted by Crippen LogP contribution is -2.44. The Bertz CT molecular complexity index is 150. The molecule has 0 radical (unpaired) electrons. The van der Waals surface area contributed by atoms with Crippen LogP contribution in [-0.4, -0.2) is 48.8 Å². The normalized spacial score (nSPS) is 26.4. The van der Waals surface area contributed by atoms with Crippen molar-refractivity contribution >= 4 is 0 Å². The Morgan fingerprint density at radius 2 is 2.29 bits per heavy atom. The summed E-state index contributed by atoms with van der Waals surface area (Å²) in [6.45, 7) is 4.97. The smallest absolute Gasteiger partial charge is 0.0639 e. The van der Waals surface area contributed by atoms with Crippen LogP contribution in [0.1, 0.15) is 32.6 Å². The molecular weight excluding hydrogens is 176 g/mol. The molecule has 0 aromatic carbocycles. The largest absolute Gasteiger partial charge is 0.392 e. The summed E-state index contributed by atoms with van der Waals surface area (Å²) < 4.78 is 0. The van der Waals surface area contributed by atoms with Crippen LogP contribution in [-0.2, 0) is 0 Å². The number of hydrogen-bond donors (Lipinski definition) is 2. The maximum absolute atomic E-state index is 9.39. The monoisotopic (exact) mass is 200 g/mol. The molecule has 0 amide bonds. The van der Waals surface area contributed by atoms with Gasteiger partial charge in [-0.3, -0.25) is 4.90 Å². The number of hydrogen-bond acceptors (Lipinski definition) is 3. The predicted octanol–water partition coefficient (Wildman–Crippen LogP) is 0.831. The lowest BCUT2D eigenvalue weighted by molar-refractivity contribution is 0.0731. The predicted molar refractivity (Wildman–Crippen MR) is 59.4 cm³/mol. The van der Waals surface area contributed by atoms with Crippen LogP contribution in [0, 0.1) is 0 Å². The van der Waals surface area contributed by atoms with Crippen molar-refractivity contribution in [1.29, 1.82) is 0 Å². The van der Waals surface area contributed by atoms with Crippen LogP contribution in [0.4, 0.5) is 0 Å². The van der Waals surface area contributed by atoms with Crippen LogP contribution >= 0.6 is 0 Å². The van der Waals surface area contributed by atoms with E-state index in [1.54, 1.807) is 0 Å². The van der Waals surface area contributed by atoms with E-state index >= 15 is 0 Å². The quantitative estimate of drug-likeness (QED) is 0.690. The molecular formula is C11H24N2O. The van der Waals surface area contributed by atoms with Gasteiger partial charge in [0.1, 0.15) is 0 Å². The summed E-state index contributed by atoms with van der Waals surface area (Å²) in [6.07, 6.45) is 4.97. The van der Waals surface area contributed by atoms with Gasteiger partial charge in [-0.05, 0) is 46.3 Å². The summed E-state index contributed by atoms with van der Waals surface area (Å²) in [7, 11) is 2.00. The third-order valence-corrected chi connectivity index (χ3v) is 2.98. The second-order valence-electron chi connectivity index (χ2n) is 4.39. The zero-order chi connectivity index (χ0) is 10.4. The van der Waals surface area contributed by atoms with E-state index in [2.05, 4.69) is 10.2 Å². The molecule has 0 aliphatic carbocycles. The van der Waals surface area contributed by atoms with Gasteiger partial charge in [-0.1, -0.05) is 6.42 Å². The third-order valence-electron chi connectivity index (χ3n) is 2.98. The third kappa shape index (κ3) is 3.95. The lowest BCUT2D eigenvalue weighted by Gasteiger charge is -2.36. The standard InChI is InChI=1S/C11H24N2O/c1-10(14)9-13-8-4-3-5-11(13)6-7-12-2/h10-12,14H,3-9H2,1-2H3/t10-,11?/m1/s1. The number of piperidine rings is 1. The highest BCUT2D eigenvalue weighted by molar-refractivity contribution is 4.78. The average Bonchev–Trinajstić information content (AvgIpc) is 2.16. The SMILES string of the molecule is CNCCC1CCCCN1C[C@@H](C)O. The Balaban J connectivity index is 2.33. The minimum absolute atomic E-state index is 0.190. The Labute approximate surface area is 87.5 Å². The van der Waals surface area contributed by atoms with Crippen molar-refractivity contribution < 1.29 is 5.11 Å². The zero-order valence-corrected chi connectivity index (χ0v) is 9.50. The Morgan fingerprint density at radius 3 is 2.93 bits per heavy atom. The average molecular weight is 200 g/mol. The van der Waals surface area contributed by atoms with Crippen LogP contribution in [0.2, 0.25) is 0 Å². The molecule has 3 nitrogen and oxygen atoms in total. The first-order valence-electron chi connectivity index (χ1n) is 5.80. The summed E-state index contributed by atoms with van der Waals surface area (Å²) in [6, 6.07) is 0.686. The molecule has 0 aromatic heterocycles. The van der Waals surface area contributed by atoms with Gasteiger partial charge in [-0.25, -0.2) is 0 Å². The van der Waals surface area contributed by atoms with E-state index < -0.39 is 0 Å². The summed E-state index contributed by atoms with van der Waals surface area (Å²) in [5, 5.41) is 12.6. The van der Waals surface area contributed by atoms with Crippen LogP contribution in [0.15, 0.2) is 0 Å². The van der Waals surface area contributed by atoms with Crippen molar-refractivity contribution in [2.75, 3.05) is 26.7 Å². The van der Waals surface area contributed by atoms with Crippen molar-refractivity contribution in [3.8, 4) is 0 Å². The van der Waals surface area contributed by atoms with Crippen molar-refractivity contribution in [2.45, 2.75) is 44.8 Å². The van der Waals surface area contributed by atoms with Gasteiger partial charge < -0.3 is 10.4 Å². The topological polar surface area (TPSA) is 35.5 Å². The van der Waals surface area contributed by atoms with E-state index in [1.807, 2.05) is 14.0 Å². The van der Waals surface area contributed by atoms with Gasteiger partial charge in [0.2, 0.25) is 0 Å². The van der Waals surface area contributed by atoms with Gasteiger partial charge in [0.15, 0.2) is 0 Å². The maximum atomic E-state index is 9.39. The van der Waals surface area contributed by atoms with Gasteiger partial charge in [-0.2, -0.15) is 0 Å². The minimum atomic E-state index is -0.190. The molecule has 3 heteroatoms. The number of aliphatic hydroxyl groups excluding tert-OH is 1. The Hall–Kier alpha value is -0.120. The first-order chi connectivity index (χ1) is 6.74. The summed E-state index contributed by atoms with van der Waals surface area (Å²) in [5.74, 6) is 0. The zero-order valence-electron chi connectivity index (χ0n) is 9.50. The number of β-amino-alcohol motifs (C(OH)–C–C–N with tert-alkyl or cyclic N) is 1. The molecule has 0 bridgehead atoms. The fourth-order valence-corrected chi connectivity index (χ4v) is 2.28. The minimum Gasteiger partial charge on any atom is -0.392 e. The van der Waals surface area contributed by atoms with E-state index in [4.69, 9.17) is 0 Å². The number of aliphatic hydroxyl groups is 1. The molecule has 2 N–H and O–H groups in total. The number of nitrogens with zero attached hydrogens (tertiary/aromatic N) is 1. The van der Waals surface area contributed by atoms with Gasteiger partial charge in [0.25, 0.3) is 0 Å². The molecule has 14 heavy (non-hydrogen) atoms. The molecule has 0 spiro atoms. The summed E-state index contributed by atoms with van der Waals surface area (Å²) in [5.41, 5.74) is 0. The van der Waals surface area contributed by atoms with Gasteiger partial charge in [0.05, 0.1) is 6.10 Å². The van der Waals surface area contributed by atoms with Crippen LogP contribution < -0.4 is 5.32 Å². The molecule has 84 valence electrons. The number of rotatable bonds is 5. The van der Waals surface area contributed by atoms with Crippen molar-refractivity contribution in [3.63, 3.8) is 0 Å². The summed E-state index contributed by atoms with van der Waals surface area (Å²) >= 11 is 0. The molecule has 1 rings (SSSR count). The molecule has 2 atom stereocenters. The van der Waals surface area contributed by atoms with Crippen molar-refractivity contribution in [2.24, 2.45) is 0 Å². The summed E-state index contributed by atoms with van der Waals surface area (Å²) in [4.78, 5) is 2.45. The molecule has 1 saturated heterocycles. The van der Waals surface area contributed by atoms with E-state index in [9.17, 15) is 5.11 Å². The van der Waals surface area contributed by atoms with Gasteiger partial charge in [0, 0.05) is 12.6 Å². The Morgan fingerprint density at radius 1 is 1.50 bits per heavy atom.